The molecule has 2 heterocycles. The number of carbonyl (C=O) groups is 1. The van der Waals surface area contributed by atoms with E-state index in [1.807, 2.05) is 0 Å². The van der Waals surface area contributed by atoms with Gasteiger partial charge in [-0.05, 0) is 15.9 Å². The molecule has 0 spiro atoms. The second-order valence-electron chi connectivity index (χ2n) is 2.78. The summed E-state index contributed by atoms with van der Waals surface area (Å²) < 4.78 is 2.43. The maximum Gasteiger partial charge on any atom is 0.309 e. The number of imidazole rings is 1. The summed E-state index contributed by atoms with van der Waals surface area (Å²) in [7, 11) is 0. The van der Waals surface area contributed by atoms with E-state index in [4.69, 9.17) is 5.11 Å². The number of aliphatic carboxylic acids is 1. The second kappa shape index (κ2) is 3.38. The lowest BCUT2D eigenvalue weighted by Gasteiger charge is -1.91. The molecule has 0 unspecified atom stereocenters. The van der Waals surface area contributed by atoms with E-state index in [1.54, 1.807) is 23.1 Å². The summed E-state index contributed by atoms with van der Waals surface area (Å²) in [6, 6.07) is 0. The molecule has 0 fully saturated rings. The van der Waals surface area contributed by atoms with Crippen molar-refractivity contribution in [1.82, 2.24) is 14.4 Å². The first-order chi connectivity index (χ1) is 6.66. The first kappa shape index (κ1) is 9.14. The fourth-order valence-electron chi connectivity index (χ4n) is 1.18. The fraction of sp³-hybridized carbons (Fsp3) is 0.125. The van der Waals surface area contributed by atoms with E-state index in [9.17, 15) is 4.79 Å². The van der Waals surface area contributed by atoms with E-state index in [2.05, 4.69) is 25.9 Å². The molecule has 0 aliphatic heterocycles. The molecule has 14 heavy (non-hydrogen) atoms. The Morgan fingerprint density at radius 2 is 2.43 bits per heavy atom. The summed E-state index contributed by atoms with van der Waals surface area (Å²) in [4.78, 5) is 18.5. The van der Waals surface area contributed by atoms with Crippen LogP contribution in [0.15, 0.2) is 23.2 Å². The molecule has 2 aromatic heterocycles. The average molecular weight is 256 g/mol. The number of fused-ring (bicyclic) bond motifs is 1. The predicted octanol–water partition coefficient (Wildman–Crippen LogP) is 1.12. The van der Waals surface area contributed by atoms with Crippen molar-refractivity contribution < 1.29 is 9.90 Å². The van der Waals surface area contributed by atoms with Crippen LogP contribution in [0.3, 0.4) is 0 Å². The number of halogens is 1. The van der Waals surface area contributed by atoms with Gasteiger partial charge in [-0.25, -0.2) is 9.97 Å². The Labute approximate surface area is 87.5 Å². The number of rotatable bonds is 2. The predicted molar refractivity (Wildman–Crippen MR) is 52.0 cm³/mol. The van der Waals surface area contributed by atoms with Gasteiger partial charge in [-0.2, -0.15) is 0 Å². The van der Waals surface area contributed by atoms with Gasteiger partial charge in [0.15, 0.2) is 5.65 Å². The Bertz CT molecular complexity index is 494. The molecule has 0 amide bonds. The Morgan fingerprint density at radius 3 is 3.07 bits per heavy atom. The molecule has 5 nitrogen and oxygen atoms in total. The molecular weight excluding hydrogens is 250 g/mol. The molecule has 0 radical (unpaired) electrons. The number of hydrogen-bond acceptors (Lipinski definition) is 3. The van der Waals surface area contributed by atoms with E-state index in [0.717, 1.165) is 4.47 Å². The second-order valence-corrected chi connectivity index (χ2v) is 3.63. The van der Waals surface area contributed by atoms with Gasteiger partial charge < -0.3 is 5.11 Å². The minimum atomic E-state index is -0.891. The van der Waals surface area contributed by atoms with Crippen molar-refractivity contribution in [3.63, 3.8) is 0 Å². The van der Waals surface area contributed by atoms with Gasteiger partial charge in [0.05, 0.1) is 16.6 Å². The Morgan fingerprint density at radius 1 is 1.64 bits per heavy atom. The van der Waals surface area contributed by atoms with Gasteiger partial charge in [-0.15, -0.1) is 0 Å². The van der Waals surface area contributed by atoms with Crippen molar-refractivity contribution in [2.45, 2.75) is 6.42 Å². The monoisotopic (exact) mass is 255 g/mol. The Hall–Kier alpha value is -1.43. The van der Waals surface area contributed by atoms with E-state index in [1.165, 1.54) is 0 Å². The van der Waals surface area contributed by atoms with Crippen LogP contribution >= 0.6 is 15.9 Å². The van der Waals surface area contributed by atoms with Crippen molar-refractivity contribution in [2.75, 3.05) is 0 Å². The maximum absolute atomic E-state index is 10.5. The van der Waals surface area contributed by atoms with Crippen LogP contribution in [-0.4, -0.2) is 25.4 Å². The van der Waals surface area contributed by atoms with Crippen molar-refractivity contribution in [1.29, 1.82) is 0 Å². The van der Waals surface area contributed by atoms with Gasteiger partial charge in [0.2, 0.25) is 0 Å². The molecule has 6 heteroatoms. The number of carboxylic acid groups (broad SMARTS) is 1. The minimum Gasteiger partial charge on any atom is -0.481 e. The molecule has 2 aromatic rings. The standard InChI is InChI=1S/C8H6BrN3O2/c9-6-2-10-4-12-3-5(1-7(13)14)11-8(6)12/h2-4H,1H2,(H,13,14). The van der Waals surface area contributed by atoms with Crippen LogP contribution in [0.5, 0.6) is 0 Å². The highest BCUT2D eigenvalue weighted by molar-refractivity contribution is 9.10. The van der Waals surface area contributed by atoms with Gasteiger partial charge in [-0.1, -0.05) is 0 Å². The van der Waals surface area contributed by atoms with Crippen molar-refractivity contribution in [3.8, 4) is 0 Å². The zero-order valence-corrected chi connectivity index (χ0v) is 8.60. The zero-order valence-electron chi connectivity index (χ0n) is 7.01. The van der Waals surface area contributed by atoms with E-state index < -0.39 is 5.97 Å². The quantitative estimate of drug-likeness (QED) is 0.874. The highest BCUT2D eigenvalue weighted by Gasteiger charge is 2.07. The summed E-state index contributed by atoms with van der Waals surface area (Å²) in [6.07, 6.45) is 4.78. The lowest BCUT2D eigenvalue weighted by atomic mass is 10.3. The molecule has 0 aliphatic rings. The van der Waals surface area contributed by atoms with E-state index in [-0.39, 0.29) is 6.42 Å². The van der Waals surface area contributed by atoms with Crippen molar-refractivity contribution in [3.05, 3.63) is 28.9 Å². The molecule has 0 bridgehead atoms. The lowest BCUT2D eigenvalue weighted by molar-refractivity contribution is -0.136. The van der Waals surface area contributed by atoms with Gasteiger partial charge in [0.25, 0.3) is 0 Å². The first-order valence-corrected chi connectivity index (χ1v) is 4.65. The summed E-state index contributed by atoms with van der Waals surface area (Å²) in [5, 5.41) is 8.58. The van der Waals surface area contributed by atoms with Gasteiger partial charge in [-0.3, -0.25) is 9.20 Å². The Kier molecular flexibility index (Phi) is 2.20. The van der Waals surface area contributed by atoms with Gasteiger partial charge in [0, 0.05) is 12.4 Å². The topological polar surface area (TPSA) is 67.5 Å². The summed E-state index contributed by atoms with van der Waals surface area (Å²) in [5.41, 5.74) is 1.20. The number of hydrogen-bond donors (Lipinski definition) is 1. The van der Waals surface area contributed by atoms with Crippen LogP contribution < -0.4 is 0 Å². The molecule has 2 rings (SSSR count). The van der Waals surface area contributed by atoms with E-state index >= 15 is 0 Å². The minimum absolute atomic E-state index is 0.0753. The first-order valence-electron chi connectivity index (χ1n) is 3.85. The van der Waals surface area contributed by atoms with Crippen LogP contribution in [0.1, 0.15) is 5.69 Å². The number of carboxylic acids is 1. The molecular formula is C8H6BrN3O2. The zero-order chi connectivity index (χ0) is 10.1. The van der Waals surface area contributed by atoms with Gasteiger partial charge >= 0.3 is 5.97 Å². The molecule has 0 saturated carbocycles. The SMILES string of the molecule is O=C(O)Cc1cn2cncc(Br)c2n1. The van der Waals surface area contributed by atoms with Crippen LogP contribution in [0.4, 0.5) is 0 Å². The van der Waals surface area contributed by atoms with Gasteiger partial charge in [0.1, 0.15) is 6.33 Å². The fourth-order valence-corrected chi connectivity index (χ4v) is 1.59. The normalized spacial score (nSPS) is 10.6. The Balaban J connectivity index is 2.51. The molecule has 0 saturated heterocycles. The van der Waals surface area contributed by atoms with Crippen molar-refractivity contribution in [2.24, 2.45) is 0 Å². The molecule has 0 atom stereocenters. The molecule has 72 valence electrons. The van der Waals surface area contributed by atoms with Crippen molar-refractivity contribution >= 4 is 27.5 Å². The van der Waals surface area contributed by atoms with Crippen LogP contribution in [0, 0.1) is 0 Å². The summed E-state index contributed by atoms with van der Waals surface area (Å²) >= 11 is 3.28. The highest BCUT2D eigenvalue weighted by Crippen LogP contribution is 2.15. The van der Waals surface area contributed by atoms with Crippen LogP contribution in [0.25, 0.3) is 5.65 Å². The third kappa shape index (κ3) is 1.60. The summed E-state index contributed by atoms with van der Waals surface area (Å²) in [5.74, 6) is -0.891. The van der Waals surface area contributed by atoms with Crippen LogP contribution in [0.2, 0.25) is 0 Å². The number of aromatic nitrogens is 3. The molecule has 1 N–H and O–H groups in total. The largest absolute Gasteiger partial charge is 0.481 e. The van der Waals surface area contributed by atoms with E-state index in [0.29, 0.717) is 11.3 Å². The van der Waals surface area contributed by atoms with Crippen LogP contribution in [-0.2, 0) is 11.2 Å². The highest BCUT2D eigenvalue weighted by atomic mass is 79.9. The smallest absolute Gasteiger partial charge is 0.309 e. The molecule has 0 aliphatic carbocycles. The average Bonchev–Trinajstić information content (AvgIpc) is 2.47. The summed E-state index contributed by atoms with van der Waals surface area (Å²) in [6.45, 7) is 0. The molecule has 0 aromatic carbocycles. The third-order valence-corrected chi connectivity index (χ3v) is 2.27. The number of nitrogens with zero attached hydrogens (tertiary/aromatic N) is 3. The lowest BCUT2D eigenvalue weighted by Crippen LogP contribution is -1.99. The maximum atomic E-state index is 10.5. The third-order valence-electron chi connectivity index (χ3n) is 1.71.